The highest BCUT2D eigenvalue weighted by atomic mass is 79.9. The lowest BCUT2D eigenvalue weighted by Crippen LogP contribution is -2.26. The number of rotatable bonds is 4. The molecular formula is C23H17BrFN3OS. The molecule has 0 spiro atoms. The number of thiazole rings is 1. The van der Waals surface area contributed by atoms with Crippen molar-refractivity contribution in [3.63, 3.8) is 0 Å². The normalized spacial score (nSPS) is 11.3. The first-order chi connectivity index (χ1) is 14.4. The molecule has 1 amide bonds. The van der Waals surface area contributed by atoms with E-state index in [1.165, 1.54) is 34.7 Å². The smallest absolute Gasteiger partial charge is 0.267 e. The Kier molecular flexibility index (Phi) is 5.74. The Labute approximate surface area is 185 Å². The molecule has 4 rings (SSSR count). The van der Waals surface area contributed by atoms with Crippen LogP contribution >= 0.6 is 27.3 Å². The van der Waals surface area contributed by atoms with Gasteiger partial charge in [-0.25, -0.2) is 9.37 Å². The predicted octanol–water partition coefficient (Wildman–Crippen LogP) is 6.50. The van der Waals surface area contributed by atoms with E-state index in [0.717, 1.165) is 25.8 Å². The summed E-state index contributed by atoms with van der Waals surface area (Å²) < 4.78 is 15.1. The molecule has 30 heavy (non-hydrogen) atoms. The van der Waals surface area contributed by atoms with Gasteiger partial charge in [0.15, 0.2) is 0 Å². The van der Waals surface area contributed by atoms with Crippen LogP contribution in [-0.2, 0) is 0 Å². The molecule has 0 aliphatic carbocycles. The highest BCUT2D eigenvalue weighted by molar-refractivity contribution is 9.10. The van der Waals surface area contributed by atoms with Gasteiger partial charge in [0, 0.05) is 10.0 Å². The topological polar surface area (TPSA) is 45.6 Å². The van der Waals surface area contributed by atoms with E-state index in [1.54, 1.807) is 18.2 Å². The van der Waals surface area contributed by atoms with Crippen LogP contribution in [0.1, 0.15) is 27.0 Å². The number of aromatic nitrogens is 1. The third-order valence-corrected chi connectivity index (χ3v) is 6.00. The first-order valence-corrected chi connectivity index (χ1v) is 10.8. The fraction of sp³-hybridized carbons (Fsp3) is 0.0870. The molecule has 4 aromatic rings. The van der Waals surface area contributed by atoms with Crippen LogP contribution in [0.5, 0.6) is 0 Å². The molecule has 4 nitrogen and oxygen atoms in total. The van der Waals surface area contributed by atoms with Gasteiger partial charge >= 0.3 is 0 Å². The highest BCUT2D eigenvalue weighted by Crippen LogP contribution is 2.32. The first-order valence-electron chi connectivity index (χ1n) is 9.18. The van der Waals surface area contributed by atoms with Gasteiger partial charge < -0.3 is 0 Å². The van der Waals surface area contributed by atoms with Crippen molar-refractivity contribution in [1.29, 1.82) is 0 Å². The van der Waals surface area contributed by atoms with E-state index in [1.807, 2.05) is 44.2 Å². The maximum absolute atomic E-state index is 13.4. The summed E-state index contributed by atoms with van der Waals surface area (Å²) in [6.07, 6.45) is 1.53. The largest absolute Gasteiger partial charge is 0.281 e. The summed E-state index contributed by atoms with van der Waals surface area (Å²) in [5, 5.41) is 6.19. The zero-order valence-corrected chi connectivity index (χ0v) is 18.7. The summed E-state index contributed by atoms with van der Waals surface area (Å²) in [6, 6.07) is 17.3. The second-order valence-corrected chi connectivity index (χ2v) is 8.76. The van der Waals surface area contributed by atoms with Gasteiger partial charge in [0.1, 0.15) is 5.82 Å². The number of fused-ring (bicyclic) bond motifs is 1. The molecular weight excluding hydrogens is 465 g/mol. The van der Waals surface area contributed by atoms with Crippen molar-refractivity contribution in [2.24, 2.45) is 5.10 Å². The fourth-order valence-corrected chi connectivity index (χ4v) is 4.48. The lowest BCUT2D eigenvalue weighted by atomic mass is 10.1. The van der Waals surface area contributed by atoms with Gasteiger partial charge in [0.05, 0.1) is 16.4 Å². The van der Waals surface area contributed by atoms with Gasteiger partial charge in [-0.2, -0.15) is 10.1 Å². The molecule has 0 bridgehead atoms. The minimum atomic E-state index is -0.327. The van der Waals surface area contributed by atoms with Crippen molar-refractivity contribution in [1.82, 2.24) is 4.98 Å². The van der Waals surface area contributed by atoms with E-state index in [4.69, 9.17) is 0 Å². The van der Waals surface area contributed by atoms with Crippen molar-refractivity contribution in [3.05, 3.63) is 93.2 Å². The molecule has 3 aromatic carbocycles. The number of hydrogen-bond donors (Lipinski definition) is 0. The van der Waals surface area contributed by atoms with Crippen LogP contribution in [0.25, 0.3) is 10.2 Å². The third-order valence-electron chi connectivity index (χ3n) is 4.52. The third kappa shape index (κ3) is 4.32. The summed E-state index contributed by atoms with van der Waals surface area (Å²) in [6.45, 7) is 3.88. The van der Waals surface area contributed by atoms with Crippen molar-refractivity contribution >= 4 is 54.7 Å². The molecule has 1 heterocycles. The van der Waals surface area contributed by atoms with E-state index in [2.05, 4.69) is 26.0 Å². The number of benzene rings is 3. The number of carbonyl (C=O) groups is 1. The van der Waals surface area contributed by atoms with Crippen molar-refractivity contribution in [3.8, 4) is 0 Å². The van der Waals surface area contributed by atoms with Crippen LogP contribution in [0.3, 0.4) is 0 Å². The fourth-order valence-electron chi connectivity index (χ4n) is 3.01. The number of aryl methyl sites for hydroxylation is 2. The number of carbonyl (C=O) groups excluding carboxylic acids is 1. The number of amides is 1. The highest BCUT2D eigenvalue weighted by Gasteiger charge is 2.22. The number of hydrogen-bond acceptors (Lipinski definition) is 4. The zero-order valence-electron chi connectivity index (χ0n) is 16.3. The molecule has 0 fully saturated rings. The standard InChI is InChI=1S/C23H17BrFN3OS/c1-14-3-9-19(15(2)11-14)22(29)28(26-13-16-4-7-18(25)8-5-16)23-27-20-10-6-17(24)12-21(20)30-23/h3-13H,1-2H3/b26-13+. The second-order valence-electron chi connectivity index (χ2n) is 6.84. The lowest BCUT2D eigenvalue weighted by molar-refractivity contribution is 0.0987. The Balaban J connectivity index is 1.78. The number of hydrazone groups is 1. The minimum absolute atomic E-state index is 0.274. The van der Waals surface area contributed by atoms with Gasteiger partial charge in [0.2, 0.25) is 5.13 Å². The van der Waals surface area contributed by atoms with E-state index in [-0.39, 0.29) is 11.7 Å². The van der Waals surface area contributed by atoms with Crippen LogP contribution < -0.4 is 5.01 Å². The van der Waals surface area contributed by atoms with Crippen LogP contribution in [-0.4, -0.2) is 17.1 Å². The van der Waals surface area contributed by atoms with Crippen LogP contribution in [0.15, 0.2) is 70.2 Å². The molecule has 0 N–H and O–H groups in total. The minimum Gasteiger partial charge on any atom is -0.267 e. The van der Waals surface area contributed by atoms with Gasteiger partial charge in [-0.1, -0.05) is 57.1 Å². The van der Waals surface area contributed by atoms with Crippen molar-refractivity contribution in [2.75, 3.05) is 5.01 Å². The molecule has 1 aromatic heterocycles. The number of nitrogens with zero attached hydrogens (tertiary/aromatic N) is 3. The molecule has 0 saturated heterocycles. The Hall–Kier alpha value is -2.90. The molecule has 0 radical (unpaired) electrons. The summed E-state index contributed by atoms with van der Waals surface area (Å²) in [5.74, 6) is -0.601. The summed E-state index contributed by atoms with van der Waals surface area (Å²) >= 11 is 4.85. The maximum atomic E-state index is 13.4. The maximum Gasteiger partial charge on any atom is 0.281 e. The molecule has 7 heteroatoms. The number of halogens is 2. The Morgan fingerprint density at radius 1 is 1.10 bits per heavy atom. The summed E-state index contributed by atoms with van der Waals surface area (Å²) in [7, 11) is 0. The number of anilines is 1. The molecule has 150 valence electrons. The van der Waals surface area contributed by atoms with E-state index in [9.17, 15) is 9.18 Å². The van der Waals surface area contributed by atoms with E-state index < -0.39 is 0 Å². The molecule has 0 aliphatic heterocycles. The van der Waals surface area contributed by atoms with E-state index >= 15 is 0 Å². The zero-order chi connectivity index (χ0) is 21.3. The van der Waals surface area contributed by atoms with Gasteiger partial charge in [-0.3, -0.25) is 4.79 Å². The first kappa shape index (κ1) is 20.4. The van der Waals surface area contributed by atoms with Crippen molar-refractivity contribution < 1.29 is 9.18 Å². The SMILES string of the molecule is Cc1ccc(C(=O)N(/N=C/c2ccc(F)cc2)c2nc3ccc(Br)cc3s2)c(C)c1. The van der Waals surface area contributed by atoms with Crippen LogP contribution in [0, 0.1) is 19.7 Å². The molecule has 0 unspecified atom stereocenters. The van der Waals surface area contributed by atoms with Crippen molar-refractivity contribution in [2.45, 2.75) is 13.8 Å². The van der Waals surface area contributed by atoms with Gasteiger partial charge in [0.25, 0.3) is 5.91 Å². The summed E-state index contributed by atoms with van der Waals surface area (Å²) in [4.78, 5) is 18.0. The Morgan fingerprint density at radius 3 is 2.60 bits per heavy atom. The predicted molar refractivity (Wildman–Crippen MR) is 124 cm³/mol. The van der Waals surface area contributed by atoms with Gasteiger partial charge in [-0.05, 0) is 61.4 Å². The lowest BCUT2D eigenvalue weighted by Gasteiger charge is -2.15. The second kappa shape index (κ2) is 8.45. The quantitative estimate of drug-likeness (QED) is 0.246. The molecule has 0 saturated carbocycles. The summed E-state index contributed by atoms with van der Waals surface area (Å²) in [5.41, 5.74) is 3.96. The Bertz CT molecular complexity index is 1270. The molecule has 0 atom stereocenters. The van der Waals surface area contributed by atoms with Gasteiger partial charge in [-0.15, -0.1) is 0 Å². The van der Waals surface area contributed by atoms with Crippen LogP contribution in [0.4, 0.5) is 9.52 Å². The monoisotopic (exact) mass is 481 g/mol. The van der Waals surface area contributed by atoms with Crippen LogP contribution in [0.2, 0.25) is 0 Å². The Morgan fingerprint density at radius 2 is 1.87 bits per heavy atom. The molecule has 0 aliphatic rings. The van der Waals surface area contributed by atoms with E-state index in [0.29, 0.717) is 16.3 Å². The average Bonchev–Trinajstić information content (AvgIpc) is 3.12. The average molecular weight is 482 g/mol.